The number of halogens is 2. The summed E-state index contributed by atoms with van der Waals surface area (Å²) in [5.74, 6) is -0.196. The van der Waals surface area contributed by atoms with Gasteiger partial charge in [0.2, 0.25) is 0 Å². The van der Waals surface area contributed by atoms with Crippen molar-refractivity contribution in [3.63, 3.8) is 0 Å². The number of hydrogen-bond acceptors (Lipinski definition) is 4. The van der Waals surface area contributed by atoms with E-state index in [1.807, 2.05) is 48.5 Å². The molecule has 1 aliphatic rings. The van der Waals surface area contributed by atoms with Gasteiger partial charge < -0.3 is 15.3 Å². The van der Waals surface area contributed by atoms with Gasteiger partial charge in [-0.05, 0) is 43.0 Å². The number of amides is 1. The van der Waals surface area contributed by atoms with Crippen molar-refractivity contribution >= 4 is 45.6 Å². The van der Waals surface area contributed by atoms with E-state index in [2.05, 4.69) is 15.1 Å². The Morgan fingerprint density at radius 2 is 1.72 bits per heavy atom. The van der Waals surface area contributed by atoms with Gasteiger partial charge in [0.15, 0.2) is 0 Å². The van der Waals surface area contributed by atoms with E-state index >= 15 is 0 Å². The van der Waals surface area contributed by atoms with Gasteiger partial charge in [-0.15, -0.1) is 0 Å². The molecular formula is C25H27Cl2N3O2. The van der Waals surface area contributed by atoms with Crippen molar-refractivity contribution in [1.82, 2.24) is 10.2 Å². The number of anilines is 1. The quantitative estimate of drug-likeness (QED) is 0.465. The second-order valence-corrected chi connectivity index (χ2v) is 8.83. The molecule has 0 unspecified atom stereocenters. The highest BCUT2D eigenvalue weighted by molar-refractivity contribution is 6.43. The van der Waals surface area contributed by atoms with Crippen LogP contribution in [0.5, 0.6) is 5.75 Å². The molecule has 0 spiro atoms. The minimum atomic E-state index is -0.236. The lowest BCUT2D eigenvalue weighted by atomic mass is 10.0. The number of unbranched alkanes of at least 4 members (excludes halogenated alkanes) is 1. The molecule has 0 atom stereocenters. The fourth-order valence-corrected chi connectivity index (χ4v) is 4.56. The molecule has 3 aromatic carbocycles. The molecule has 5 nitrogen and oxygen atoms in total. The number of nitrogens with zero attached hydrogens (tertiary/aromatic N) is 2. The highest BCUT2D eigenvalue weighted by atomic mass is 35.5. The summed E-state index contributed by atoms with van der Waals surface area (Å²) < 4.78 is 0. The zero-order chi connectivity index (χ0) is 22.5. The van der Waals surface area contributed by atoms with E-state index < -0.39 is 0 Å². The van der Waals surface area contributed by atoms with E-state index in [0.29, 0.717) is 27.5 Å². The Labute approximate surface area is 198 Å². The summed E-state index contributed by atoms with van der Waals surface area (Å²) in [5.41, 5.74) is 1.32. The lowest BCUT2D eigenvalue weighted by Crippen LogP contribution is -2.46. The molecule has 3 aromatic rings. The Kier molecular flexibility index (Phi) is 7.40. The normalized spacial score (nSPS) is 14.6. The minimum absolute atomic E-state index is 0.0401. The van der Waals surface area contributed by atoms with E-state index in [-0.39, 0.29) is 11.7 Å². The number of phenolic OH excluding ortho intramolecular Hbond substituents is 1. The third kappa shape index (κ3) is 5.12. The predicted molar refractivity (Wildman–Crippen MR) is 132 cm³/mol. The Morgan fingerprint density at radius 1 is 0.938 bits per heavy atom. The number of carbonyl (C=O) groups is 1. The van der Waals surface area contributed by atoms with Crippen molar-refractivity contribution in [2.24, 2.45) is 0 Å². The summed E-state index contributed by atoms with van der Waals surface area (Å²) in [6.07, 6.45) is 1.89. The van der Waals surface area contributed by atoms with Gasteiger partial charge in [0, 0.05) is 38.1 Å². The number of piperazine rings is 1. The first-order valence-electron chi connectivity index (χ1n) is 10.9. The standard InChI is InChI=1S/C25H27Cl2N3O2/c26-21-8-5-9-22(23(21)27)30-16-14-29(15-17-30)13-4-3-12-28-25(32)20-11-10-18-6-1-2-7-19(18)24(20)31/h1-2,5-11,31H,3-4,12-17H2,(H,28,32). The molecule has 4 rings (SSSR count). The van der Waals surface area contributed by atoms with E-state index in [1.165, 1.54) is 0 Å². The highest BCUT2D eigenvalue weighted by Crippen LogP contribution is 2.33. The number of phenols is 1. The Bertz CT molecular complexity index is 1100. The van der Waals surface area contributed by atoms with Gasteiger partial charge >= 0.3 is 0 Å². The Balaban J connectivity index is 1.18. The van der Waals surface area contributed by atoms with Crippen molar-refractivity contribution < 1.29 is 9.90 Å². The molecule has 0 aromatic heterocycles. The molecule has 1 amide bonds. The molecule has 0 bridgehead atoms. The first-order valence-corrected chi connectivity index (χ1v) is 11.7. The van der Waals surface area contributed by atoms with Gasteiger partial charge in [0.1, 0.15) is 5.75 Å². The second-order valence-electron chi connectivity index (χ2n) is 8.05. The number of hydrogen-bond donors (Lipinski definition) is 2. The summed E-state index contributed by atoms with van der Waals surface area (Å²) in [6, 6.07) is 16.8. The van der Waals surface area contributed by atoms with Gasteiger partial charge in [0.25, 0.3) is 5.91 Å². The third-order valence-electron chi connectivity index (χ3n) is 5.98. The zero-order valence-corrected chi connectivity index (χ0v) is 19.4. The molecule has 2 N–H and O–H groups in total. The summed E-state index contributed by atoms with van der Waals surface area (Å²) in [6.45, 7) is 5.35. The van der Waals surface area contributed by atoms with Crippen LogP contribution in [0.25, 0.3) is 10.8 Å². The Hall–Kier alpha value is -2.47. The molecule has 0 saturated carbocycles. The number of benzene rings is 3. The fourth-order valence-electron chi connectivity index (χ4n) is 4.14. The topological polar surface area (TPSA) is 55.8 Å². The highest BCUT2D eigenvalue weighted by Gasteiger charge is 2.19. The maximum Gasteiger partial charge on any atom is 0.255 e. The number of fused-ring (bicyclic) bond motifs is 1. The molecular weight excluding hydrogens is 445 g/mol. The van der Waals surface area contributed by atoms with Crippen LogP contribution in [0.3, 0.4) is 0 Å². The van der Waals surface area contributed by atoms with Crippen molar-refractivity contribution in [3.8, 4) is 5.75 Å². The third-order valence-corrected chi connectivity index (χ3v) is 6.79. The average Bonchev–Trinajstić information content (AvgIpc) is 2.81. The van der Waals surface area contributed by atoms with Crippen molar-refractivity contribution in [2.75, 3.05) is 44.2 Å². The summed E-state index contributed by atoms with van der Waals surface area (Å²) >= 11 is 12.5. The largest absolute Gasteiger partial charge is 0.506 e. The van der Waals surface area contributed by atoms with Gasteiger partial charge in [-0.1, -0.05) is 59.6 Å². The van der Waals surface area contributed by atoms with Gasteiger partial charge in [0.05, 0.1) is 21.3 Å². The monoisotopic (exact) mass is 471 g/mol. The van der Waals surface area contributed by atoms with E-state index in [0.717, 1.165) is 56.6 Å². The summed E-state index contributed by atoms with van der Waals surface area (Å²) in [5, 5.41) is 16.2. The molecule has 32 heavy (non-hydrogen) atoms. The number of carbonyl (C=O) groups excluding carboxylic acids is 1. The van der Waals surface area contributed by atoms with Crippen LogP contribution < -0.4 is 10.2 Å². The lowest BCUT2D eigenvalue weighted by molar-refractivity contribution is 0.0950. The molecule has 1 fully saturated rings. The maximum absolute atomic E-state index is 12.5. The van der Waals surface area contributed by atoms with Crippen LogP contribution in [0, 0.1) is 0 Å². The van der Waals surface area contributed by atoms with Crippen LogP contribution in [-0.2, 0) is 0 Å². The minimum Gasteiger partial charge on any atom is -0.506 e. The number of aromatic hydroxyl groups is 1. The van der Waals surface area contributed by atoms with Crippen LogP contribution in [0.1, 0.15) is 23.2 Å². The molecule has 0 radical (unpaired) electrons. The number of rotatable bonds is 7. The van der Waals surface area contributed by atoms with Gasteiger partial charge in [-0.2, -0.15) is 0 Å². The average molecular weight is 472 g/mol. The van der Waals surface area contributed by atoms with Gasteiger partial charge in [-0.25, -0.2) is 0 Å². The van der Waals surface area contributed by atoms with Crippen LogP contribution in [0.15, 0.2) is 54.6 Å². The second kappa shape index (κ2) is 10.4. The molecule has 168 valence electrons. The SMILES string of the molecule is O=C(NCCCCN1CCN(c2cccc(Cl)c2Cl)CC1)c1ccc2ccccc2c1O. The number of nitrogens with one attached hydrogen (secondary N) is 1. The first-order chi connectivity index (χ1) is 15.5. The van der Waals surface area contributed by atoms with E-state index in [4.69, 9.17) is 23.2 Å². The van der Waals surface area contributed by atoms with Gasteiger partial charge in [-0.3, -0.25) is 9.69 Å². The van der Waals surface area contributed by atoms with Crippen molar-refractivity contribution in [3.05, 3.63) is 70.2 Å². The van der Waals surface area contributed by atoms with Crippen molar-refractivity contribution in [2.45, 2.75) is 12.8 Å². The molecule has 1 heterocycles. The first kappa shape index (κ1) is 22.7. The molecule has 7 heteroatoms. The zero-order valence-electron chi connectivity index (χ0n) is 17.9. The van der Waals surface area contributed by atoms with E-state index in [1.54, 1.807) is 6.07 Å². The summed E-state index contributed by atoms with van der Waals surface area (Å²) in [7, 11) is 0. The maximum atomic E-state index is 12.5. The summed E-state index contributed by atoms with van der Waals surface area (Å²) in [4.78, 5) is 17.2. The van der Waals surface area contributed by atoms with Crippen molar-refractivity contribution in [1.29, 1.82) is 0 Å². The predicted octanol–water partition coefficient (Wildman–Crippen LogP) is 5.18. The molecule has 1 saturated heterocycles. The fraction of sp³-hybridized carbons (Fsp3) is 0.320. The molecule has 0 aliphatic carbocycles. The molecule has 1 aliphatic heterocycles. The van der Waals surface area contributed by atoms with Crippen LogP contribution in [0.4, 0.5) is 5.69 Å². The van der Waals surface area contributed by atoms with Crippen LogP contribution in [0.2, 0.25) is 10.0 Å². The van der Waals surface area contributed by atoms with Crippen LogP contribution in [-0.4, -0.2) is 55.2 Å². The van der Waals surface area contributed by atoms with E-state index in [9.17, 15) is 9.90 Å². The Morgan fingerprint density at radius 3 is 2.53 bits per heavy atom. The van der Waals surface area contributed by atoms with Crippen LogP contribution >= 0.6 is 23.2 Å². The smallest absolute Gasteiger partial charge is 0.255 e. The lowest BCUT2D eigenvalue weighted by Gasteiger charge is -2.36.